The molecule has 0 atom stereocenters. The van der Waals surface area contributed by atoms with E-state index < -0.39 is 0 Å². The van der Waals surface area contributed by atoms with Gasteiger partial charge in [-0.1, -0.05) is 18.2 Å². The van der Waals surface area contributed by atoms with E-state index in [9.17, 15) is 0 Å². The lowest BCUT2D eigenvalue weighted by molar-refractivity contribution is 1.41. The van der Waals surface area contributed by atoms with Crippen molar-refractivity contribution in [1.82, 2.24) is 13.7 Å². The normalized spacial score (nSPS) is 10.8. The van der Waals surface area contributed by atoms with Crippen molar-refractivity contribution < 1.29 is 0 Å². The Morgan fingerprint density at radius 3 is 2.81 bits per heavy atom. The van der Waals surface area contributed by atoms with E-state index in [0.717, 1.165) is 33.9 Å². The lowest BCUT2D eigenvalue weighted by Crippen LogP contribution is -1.90. The molecule has 3 aromatic rings. The van der Waals surface area contributed by atoms with Crippen LogP contribution in [0.15, 0.2) is 36.5 Å². The highest BCUT2D eigenvalue weighted by Crippen LogP contribution is 2.29. The minimum Gasteiger partial charge on any atom is -0.381 e. The number of anilines is 1. The topological polar surface area (TPSA) is 64.7 Å². The molecule has 3 rings (SSSR count). The van der Waals surface area contributed by atoms with E-state index in [4.69, 9.17) is 5.73 Å². The van der Waals surface area contributed by atoms with Gasteiger partial charge >= 0.3 is 0 Å². The Morgan fingerprint density at radius 2 is 2.00 bits per heavy atom. The van der Waals surface area contributed by atoms with Gasteiger partial charge in [-0.3, -0.25) is 4.98 Å². The zero-order chi connectivity index (χ0) is 11.0. The fraction of sp³-hybridized carbons (Fsp3) is 0. The third-order valence-electron chi connectivity index (χ3n) is 2.41. The van der Waals surface area contributed by atoms with E-state index in [1.54, 1.807) is 6.20 Å². The van der Waals surface area contributed by atoms with Crippen molar-refractivity contribution >= 4 is 28.4 Å². The van der Waals surface area contributed by atoms with Crippen molar-refractivity contribution in [3.63, 3.8) is 0 Å². The number of rotatable bonds is 1. The molecule has 2 aromatic heterocycles. The summed E-state index contributed by atoms with van der Waals surface area (Å²) in [7, 11) is 0. The molecule has 4 nitrogen and oxygen atoms in total. The smallest absolute Gasteiger partial charge is 0.165 e. The minimum absolute atomic E-state index is 0.473. The first-order valence-corrected chi connectivity index (χ1v) is 5.51. The Balaban J connectivity index is 2.36. The van der Waals surface area contributed by atoms with Gasteiger partial charge in [0.25, 0.3) is 0 Å². The van der Waals surface area contributed by atoms with E-state index >= 15 is 0 Å². The Hall–Kier alpha value is -2.01. The molecule has 0 unspecified atom stereocenters. The van der Waals surface area contributed by atoms with Crippen LogP contribution in [0.2, 0.25) is 0 Å². The number of nitrogens with two attached hydrogens (primary N) is 1. The molecule has 2 heterocycles. The Kier molecular flexibility index (Phi) is 2.04. The maximum atomic E-state index is 5.78. The number of aromatic nitrogens is 3. The van der Waals surface area contributed by atoms with Crippen LogP contribution in [0.1, 0.15) is 0 Å². The molecule has 0 amide bonds. The zero-order valence-corrected chi connectivity index (χ0v) is 9.11. The second kappa shape index (κ2) is 3.53. The van der Waals surface area contributed by atoms with Crippen molar-refractivity contribution in [2.75, 3.05) is 5.73 Å². The van der Waals surface area contributed by atoms with Crippen LogP contribution < -0.4 is 5.73 Å². The number of hydrogen-bond acceptors (Lipinski definition) is 5. The summed E-state index contributed by atoms with van der Waals surface area (Å²) in [4.78, 5) is 4.30. The van der Waals surface area contributed by atoms with Crippen LogP contribution in [0.4, 0.5) is 5.82 Å². The molecule has 0 fully saturated rings. The van der Waals surface area contributed by atoms with Gasteiger partial charge < -0.3 is 5.73 Å². The van der Waals surface area contributed by atoms with E-state index in [0.29, 0.717) is 5.82 Å². The number of benzene rings is 1. The highest BCUT2D eigenvalue weighted by Gasteiger charge is 2.10. The van der Waals surface area contributed by atoms with Crippen LogP contribution in [-0.4, -0.2) is 13.7 Å². The summed E-state index contributed by atoms with van der Waals surface area (Å²) in [6, 6.07) is 9.81. The average Bonchev–Trinajstić information content (AvgIpc) is 2.75. The fourth-order valence-electron chi connectivity index (χ4n) is 1.69. The van der Waals surface area contributed by atoms with E-state index in [-0.39, 0.29) is 0 Å². The molecule has 0 saturated carbocycles. The van der Waals surface area contributed by atoms with E-state index in [2.05, 4.69) is 13.7 Å². The maximum Gasteiger partial charge on any atom is 0.165 e. The Morgan fingerprint density at radius 1 is 1.06 bits per heavy atom. The summed E-state index contributed by atoms with van der Waals surface area (Å²) in [5, 5.41) is 1.05. The quantitative estimate of drug-likeness (QED) is 0.694. The van der Waals surface area contributed by atoms with Crippen molar-refractivity contribution in [2.45, 2.75) is 0 Å². The first-order valence-electron chi connectivity index (χ1n) is 4.78. The first-order chi connectivity index (χ1) is 7.86. The van der Waals surface area contributed by atoms with Gasteiger partial charge in [-0.05, 0) is 12.1 Å². The molecular weight excluding hydrogens is 220 g/mol. The van der Waals surface area contributed by atoms with Crippen molar-refractivity contribution in [3.8, 4) is 11.3 Å². The van der Waals surface area contributed by atoms with Gasteiger partial charge in [0.05, 0.1) is 17.2 Å². The second-order valence-electron chi connectivity index (χ2n) is 3.37. The molecule has 0 aliphatic heterocycles. The minimum atomic E-state index is 0.473. The van der Waals surface area contributed by atoms with E-state index in [1.807, 2.05) is 30.3 Å². The summed E-state index contributed by atoms with van der Waals surface area (Å²) in [5.41, 5.74) is 8.44. The Bertz CT molecular complexity index is 642. The summed E-state index contributed by atoms with van der Waals surface area (Å²) in [6.45, 7) is 0. The highest BCUT2D eigenvalue weighted by atomic mass is 32.1. The van der Waals surface area contributed by atoms with Gasteiger partial charge in [0.1, 0.15) is 5.69 Å². The van der Waals surface area contributed by atoms with Crippen LogP contribution >= 0.6 is 11.7 Å². The number of nitrogens with zero attached hydrogens (tertiary/aromatic N) is 3. The fourth-order valence-corrected chi connectivity index (χ4v) is 2.18. The molecule has 0 aliphatic rings. The number of nitrogen functional groups attached to an aromatic ring is 1. The van der Waals surface area contributed by atoms with Gasteiger partial charge in [0, 0.05) is 17.1 Å². The van der Waals surface area contributed by atoms with Crippen LogP contribution in [0, 0.1) is 0 Å². The number of hydrogen-bond donors (Lipinski definition) is 1. The number of pyridine rings is 1. The molecule has 1 aromatic carbocycles. The average molecular weight is 228 g/mol. The zero-order valence-electron chi connectivity index (χ0n) is 8.29. The number of fused-ring (bicyclic) bond motifs is 1. The van der Waals surface area contributed by atoms with Crippen LogP contribution in [0.3, 0.4) is 0 Å². The first kappa shape index (κ1) is 9.23. The third-order valence-corrected chi connectivity index (χ3v) is 2.96. The van der Waals surface area contributed by atoms with Gasteiger partial charge in [0.2, 0.25) is 0 Å². The monoisotopic (exact) mass is 228 g/mol. The predicted octanol–water partition coefficient (Wildman–Crippen LogP) is 2.34. The summed E-state index contributed by atoms with van der Waals surface area (Å²) in [6.07, 6.45) is 1.77. The highest BCUT2D eigenvalue weighted by molar-refractivity contribution is 6.99. The van der Waals surface area contributed by atoms with Crippen molar-refractivity contribution in [2.24, 2.45) is 0 Å². The molecule has 5 heteroatoms. The van der Waals surface area contributed by atoms with E-state index in [1.165, 1.54) is 0 Å². The summed E-state index contributed by atoms with van der Waals surface area (Å²) in [5.74, 6) is 0.473. The maximum absolute atomic E-state index is 5.78. The molecule has 0 aliphatic carbocycles. The molecule has 0 saturated heterocycles. The van der Waals surface area contributed by atoms with Gasteiger partial charge in [-0.15, -0.1) is 0 Å². The van der Waals surface area contributed by atoms with Crippen molar-refractivity contribution in [3.05, 3.63) is 36.5 Å². The molecular formula is C11H8N4S. The lowest BCUT2D eigenvalue weighted by Gasteiger charge is -2.02. The van der Waals surface area contributed by atoms with Crippen LogP contribution in [0.5, 0.6) is 0 Å². The molecule has 2 N–H and O–H groups in total. The predicted molar refractivity (Wildman–Crippen MR) is 65.1 cm³/mol. The van der Waals surface area contributed by atoms with Crippen LogP contribution in [-0.2, 0) is 0 Å². The SMILES string of the molecule is Nc1nsnc1-c1cccc2ncccc12. The lowest BCUT2D eigenvalue weighted by atomic mass is 10.1. The van der Waals surface area contributed by atoms with Crippen LogP contribution in [0.25, 0.3) is 22.2 Å². The van der Waals surface area contributed by atoms with Gasteiger partial charge in [0.15, 0.2) is 5.82 Å². The molecule has 0 bridgehead atoms. The van der Waals surface area contributed by atoms with Gasteiger partial charge in [-0.2, -0.15) is 8.75 Å². The second-order valence-corrected chi connectivity index (χ2v) is 3.90. The molecule has 0 spiro atoms. The van der Waals surface area contributed by atoms with Crippen molar-refractivity contribution in [1.29, 1.82) is 0 Å². The molecule has 0 radical (unpaired) electrons. The largest absolute Gasteiger partial charge is 0.381 e. The standard InChI is InChI=1S/C11H8N4S/c12-11-10(14-16-15-11)8-3-1-5-9-7(8)4-2-6-13-9/h1-6H,(H2,12,15). The molecule has 78 valence electrons. The summed E-state index contributed by atoms with van der Waals surface area (Å²) >= 11 is 1.12. The third kappa shape index (κ3) is 1.33. The molecule has 16 heavy (non-hydrogen) atoms. The summed E-state index contributed by atoms with van der Waals surface area (Å²) < 4.78 is 8.20. The van der Waals surface area contributed by atoms with Gasteiger partial charge in [-0.25, -0.2) is 0 Å². The Labute approximate surface area is 96.1 Å².